The Morgan fingerprint density at radius 2 is 2.24 bits per heavy atom. The summed E-state index contributed by atoms with van der Waals surface area (Å²) in [4.78, 5) is 16.0. The fourth-order valence-electron chi connectivity index (χ4n) is 2.64. The first-order chi connectivity index (χ1) is 10.1. The molecule has 1 fully saturated rings. The Balaban J connectivity index is 2.30. The molecule has 1 saturated heterocycles. The molecule has 1 atom stereocenters. The molecule has 1 aliphatic rings. The van der Waals surface area contributed by atoms with Gasteiger partial charge in [0, 0.05) is 13.1 Å². The molecule has 0 radical (unpaired) electrons. The third-order valence-electron chi connectivity index (χ3n) is 3.85. The molecule has 0 amide bonds. The van der Waals surface area contributed by atoms with Crippen LogP contribution in [0.3, 0.4) is 0 Å². The van der Waals surface area contributed by atoms with Gasteiger partial charge >= 0.3 is 5.97 Å². The maximum absolute atomic E-state index is 12.0. The molecule has 0 spiro atoms. The quantitative estimate of drug-likeness (QED) is 0.672. The van der Waals surface area contributed by atoms with E-state index in [9.17, 15) is 4.79 Å². The number of esters is 1. The topological polar surface area (TPSA) is 55.6 Å². The summed E-state index contributed by atoms with van der Waals surface area (Å²) in [7, 11) is 0. The van der Waals surface area contributed by atoms with Gasteiger partial charge in [-0.05, 0) is 38.4 Å². The maximum Gasteiger partial charge on any atom is 0.350 e. The number of carbonyl (C=O) groups is 1. The Morgan fingerprint density at radius 1 is 1.48 bits per heavy atom. The highest BCUT2D eigenvalue weighted by atomic mass is 32.2. The minimum absolute atomic E-state index is 0.301. The van der Waals surface area contributed by atoms with Gasteiger partial charge in [-0.1, -0.05) is 6.92 Å². The number of thioether (sulfide) groups is 1. The zero-order valence-corrected chi connectivity index (χ0v) is 14.6. The molecule has 4 nitrogen and oxygen atoms in total. The van der Waals surface area contributed by atoms with E-state index >= 15 is 0 Å². The van der Waals surface area contributed by atoms with Gasteiger partial charge in [-0.2, -0.15) is 0 Å². The van der Waals surface area contributed by atoms with Gasteiger partial charge in [0.2, 0.25) is 0 Å². The van der Waals surface area contributed by atoms with Crippen molar-refractivity contribution in [3.63, 3.8) is 0 Å². The average Bonchev–Trinajstić information content (AvgIpc) is 2.63. The molecule has 1 unspecified atom stereocenters. The molecule has 0 aliphatic carbocycles. The molecule has 21 heavy (non-hydrogen) atoms. The average molecular weight is 329 g/mol. The third-order valence-corrected chi connectivity index (χ3v) is 6.05. The summed E-state index contributed by atoms with van der Waals surface area (Å²) < 4.78 is 5.11. The first-order valence-corrected chi connectivity index (χ1v) is 9.50. The normalized spacial score (nSPS) is 19.4. The second-order valence-electron chi connectivity index (χ2n) is 5.43. The van der Waals surface area contributed by atoms with Crippen molar-refractivity contribution in [2.45, 2.75) is 38.0 Å². The van der Waals surface area contributed by atoms with Crippen molar-refractivity contribution in [1.82, 2.24) is 0 Å². The SMILES string of the molecule is CCOC(=O)c1sc(N2CCCC(C)CC2)c(SC)c1N. The second kappa shape index (κ2) is 7.40. The van der Waals surface area contributed by atoms with Gasteiger partial charge in [0.15, 0.2) is 0 Å². The third kappa shape index (κ3) is 3.66. The summed E-state index contributed by atoms with van der Waals surface area (Å²) in [6, 6.07) is 0. The molecule has 0 bridgehead atoms. The molecule has 2 heterocycles. The van der Waals surface area contributed by atoms with Crippen molar-refractivity contribution >= 4 is 39.8 Å². The summed E-state index contributed by atoms with van der Waals surface area (Å²) in [6.07, 6.45) is 5.68. The Hall–Kier alpha value is -0.880. The van der Waals surface area contributed by atoms with E-state index in [1.165, 1.54) is 30.6 Å². The molecule has 2 rings (SSSR count). The number of nitrogens with two attached hydrogens (primary N) is 1. The van der Waals surface area contributed by atoms with Crippen LogP contribution < -0.4 is 10.6 Å². The molecule has 1 aromatic rings. The Labute approximate surface area is 135 Å². The molecule has 118 valence electrons. The van der Waals surface area contributed by atoms with E-state index in [0.29, 0.717) is 17.2 Å². The second-order valence-corrected chi connectivity index (χ2v) is 7.24. The standard InChI is InChI=1S/C15H24N2O2S2/c1-4-19-15(18)13-11(16)12(20-3)14(21-13)17-8-5-6-10(2)7-9-17/h10H,4-9,16H2,1-3H3. The number of thiophene rings is 1. The highest BCUT2D eigenvalue weighted by Crippen LogP contribution is 2.44. The van der Waals surface area contributed by atoms with Crippen LogP contribution in [0.25, 0.3) is 0 Å². The van der Waals surface area contributed by atoms with E-state index in [4.69, 9.17) is 10.5 Å². The first kappa shape index (κ1) is 16.5. The van der Waals surface area contributed by atoms with E-state index in [0.717, 1.165) is 28.9 Å². The predicted octanol–water partition coefficient (Wildman–Crippen LogP) is 3.86. The van der Waals surface area contributed by atoms with Crippen molar-refractivity contribution in [3.05, 3.63) is 4.88 Å². The molecule has 2 N–H and O–H groups in total. The van der Waals surface area contributed by atoms with Gasteiger partial charge in [-0.3, -0.25) is 0 Å². The zero-order chi connectivity index (χ0) is 15.4. The van der Waals surface area contributed by atoms with Gasteiger partial charge in [0.25, 0.3) is 0 Å². The summed E-state index contributed by atoms with van der Waals surface area (Å²) in [5, 5.41) is 1.14. The van der Waals surface area contributed by atoms with Gasteiger partial charge in [0.05, 0.1) is 17.2 Å². The molecule has 0 saturated carbocycles. The molecule has 1 aliphatic heterocycles. The fourth-order valence-corrected chi connectivity index (χ4v) is 4.76. The van der Waals surface area contributed by atoms with E-state index in [2.05, 4.69) is 11.8 Å². The summed E-state index contributed by atoms with van der Waals surface area (Å²) in [6.45, 7) is 6.58. The fraction of sp³-hybridized carbons (Fsp3) is 0.667. The van der Waals surface area contributed by atoms with Crippen LogP contribution in [0, 0.1) is 5.92 Å². The lowest BCUT2D eigenvalue weighted by Gasteiger charge is -2.22. The van der Waals surface area contributed by atoms with Gasteiger partial charge in [-0.25, -0.2) is 4.79 Å². The van der Waals surface area contributed by atoms with Crippen molar-refractivity contribution < 1.29 is 9.53 Å². The van der Waals surface area contributed by atoms with E-state index in [1.54, 1.807) is 11.8 Å². The lowest BCUT2D eigenvalue weighted by atomic mass is 10.0. The van der Waals surface area contributed by atoms with Gasteiger partial charge in [-0.15, -0.1) is 23.1 Å². The lowest BCUT2D eigenvalue weighted by Crippen LogP contribution is -2.23. The van der Waals surface area contributed by atoms with Crippen LogP contribution in [0.4, 0.5) is 10.7 Å². The van der Waals surface area contributed by atoms with Crippen LogP contribution in [-0.2, 0) is 4.74 Å². The Kier molecular flexibility index (Phi) is 5.81. The van der Waals surface area contributed by atoms with E-state index in [-0.39, 0.29) is 5.97 Å². The van der Waals surface area contributed by atoms with Crippen LogP contribution >= 0.6 is 23.1 Å². The van der Waals surface area contributed by atoms with Crippen LogP contribution in [0.1, 0.15) is 42.8 Å². The van der Waals surface area contributed by atoms with Crippen molar-refractivity contribution in [2.75, 3.05) is 36.6 Å². The number of nitrogens with zero attached hydrogens (tertiary/aromatic N) is 1. The van der Waals surface area contributed by atoms with E-state index in [1.807, 2.05) is 13.2 Å². The largest absolute Gasteiger partial charge is 0.462 e. The molecule has 6 heteroatoms. The van der Waals surface area contributed by atoms with Crippen molar-refractivity contribution in [2.24, 2.45) is 5.92 Å². The smallest absolute Gasteiger partial charge is 0.350 e. The predicted molar refractivity (Wildman–Crippen MR) is 91.7 cm³/mol. The minimum Gasteiger partial charge on any atom is -0.462 e. The summed E-state index contributed by atoms with van der Waals surface area (Å²) in [5.41, 5.74) is 6.76. The first-order valence-electron chi connectivity index (χ1n) is 7.46. The monoisotopic (exact) mass is 328 g/mol. The van der Waals surface area contributed by atoms with E-state index < -0.39 is 0 Å². The number of ether oxygens (including phenoxy) is 1. The van der Waals surface area contributed by atoms with Crippen LogP contribution in [-0.4, -0.2) is 31.9 Å². The molecule has 0 aromatic carbocycles. The lowest BCUT2D eigenvalue weighted by molar-refractivity contribution is 0.0533. The number of carbonyl (C=O) groups excluding carboxylic acids is 1. The number of hydrogen-bond donors (Lipinski definition) is 1. The molecular formula is C15H24N2O2S2. The van der Waals surface area contributed by atoms with Crippen LogP contribution in [0.15, 0.2) is 4.90 Å². The number of hydrogen-bond acceptors (Lipinski definition) is 6. The highest BCUT2D eigenvalue weighted by Gasteiger charge is 2.25. The van der Waals surface area contributed by atoms with Gasteiger partial charge in [0.1, 0.15) is 9.88 Å². The zero-order valence-electron chi connectivity index (χ0n) is 13.0. The Bertz CT molecular complexity index is 502. The maximum atomic E-state index is 12.0. The van der Waals surface area contributed by atoms with Gasteiger partial charge < -0.3 is 15.4 Å². The van der Waals surface area contributed by atoms with Crippen molar-refractivity contribution in [1.29, 1.82) is 0 Å². The number of nitrogen functional groups attached to an aromatic ring is 1. The summed E-state index contributed by atoms with van der Waals surface area (Å²) >= 11 is 3.10. The molecule has 1 aromatic heterocycles. The highest BCUT2D eigenvalue weighted by molar-refractivity contribution is 7.99. The molecular weight excluding hydrogens is 304 g/mol. The summed E-state index contributed by atoms with van der Waals surface area (Å²) in [5.74, 6) is 0.472. The number of rotatable bonds is 4. The minimum atomic E-state index is -0.301. The van der Waals surface area contributed by atoms with Crippen LogP contribution in [0.2, 0.25) is 0 Å². The van der Waals surface area contributed by atoms with Crippen LogP contribution in [0.5, 0.6) is 0 Å². The number of anilines is 2. The Morgan fingerprint density at radius 3 is 2.90 bits per heavy atom. The van der Waals surface area contributed by atoms with Crippen molar-refractivity contribution in [3.8, 4) is 0 Å².